The van der Waals surface area contributed by atoms with Crippen molar-refractivity contribution in [1.82, 2.24) is 14.6 Å². The molecule has 0 aliphatic heterocycles. The predicted molar refractivity (Wildman–Crippen MR) is 95.1 cm³/mol. The van der Waals surface area contributed by atoms with Gasteiger partial charge in [-0.2, -0.15) is 4.68 Å². The molecule has 3 rings (SSSR count). The standard InChI is InChI=1S/C17H18BrN3O3/c1-11-9-12(18)7-8-15(11)24-10-13-14(5-4-6-16(13)23-3)21-17(22)20(2)19-21/h4-9,19H,10H2,1-3H3. The van der Waals surface area contributed by atoms with Crippen molar-refractivity contribution in [1.29, 1.82) is 0 Å². The number of nitrogens with zero attached hydrogens (tertiary/aromatic N) is 2. The van der Waals surface area contributed by atoms with E-state index < -0.39 is 0 Å². The lowest BCUT2D eigenvalue weighted by molar-refractivity contribution is 0.293. The number of hydrogen-bond acceptors (Lipinski definition) is 3. The van der Waals surface area contributed by atoms with Crippen LogP contribution >= 0.6 is 15.9 Å². The molecule has 3 aromatic rings. The predicted octanol–water partition coefficient (Wildman–Crippen LogP) is 3.16. The van der Waals surface area contributed by atoms with Crippen LogP contribution in [-0.4, -0.2) is 21.7 Å². The minimum Gasteiger partial charge on any atom is -0.496 e. The van der Waals surface area contributed by atoms with E-state index in [1.165, 1.54) is 9.36 Å². The number of halogens is 1. The molecule has 0 aliphatic carbocycles. The summed E-state index contributed by atoms with van der Waals surface area (Å²) in [5, 5.41) is 2.92. The summed E-state index contributed by atoms with van der Waals surface area (Å²) in [4.78, 5) is 12.0. The molecular weight excluding hydrogens is 374 g/mol. The van der Waals surface area contributed by atoms with Gasteiger partial charge in [-0.25, -0.2) is 14.7 Å². The third-order valence-corrected chi connectivity index (χ3v) is 4.30. The monoisotopic (exact) mass is 391 g/mol. The molecule has 7 heteroatoms. The first-order chi connectivity index (χ1) is 11.5. The van der Waals surface area contributed by atoms with Gasteiger partial charge in [0, 0.05) is 11.5 Å². The Morgan fingerprint density at radius 3 is 2.62 bits per heavy atom. The van der Waals surface area contributed by atoms with E-state index >= 15 is 0 Å². The molecule has 0 saturated heterocycles. The molecule has 0 aliphatic rings. The summed E-state index contributed by atoms with van der Waals surface area (Å²) < 4.78 is 15.3. The SMILES string of the molecule is COc1cccc(-n2[nH]n(C)c2=O)c1COc1ccc(Br)cc1C. The summed E-state index contributed by atoms with van der Waals surface area (Å²) in [7, 11) is 3.27. The second-order valence-corrected chi connectivity index (χ2v) is 6.35. The van der Waals surface area contributed by atoms with Gasteiger partial charge < -0.3 is 9.47 Å². The van der Waals surface area contributed by atoms with E-state index in [2.05, 4.69) is 21.1 Å². The summed E-state index contributed by atoms with van der Waals surface area (Å²) in [5.74, 6) is 1.46. The Bertz CT molecular complexity index is 924. The average molecular weight is 392 g/mol. The Morgan fingerprint density at radius 1 is 1.21 bits per heavy atom. The van der Waals surface area contributed by atoms with Crippen LogP contribution in [0.3, 0.4) is 0 Å². The third-order valence-electron chi connectivity index (χ3n) is 3.81. The summed E-state index contributed by atoms with van der Waals surface area (Å²) in [6, 6.07) is 11.4. The molecule has 0 bridgehead atoms. The molecule has 1 aromatic heterocycles. The van der Waals surface area contributed by atoms with Crippen LogP contribution in [0, 0.1) is 6.92 Å². The topological polar surface area (TPSA) is 61.2 Å². The van der Waals surface area contributed by atoms with Crippen LogP contribution in [0.15, 0.2) is 45.7 Å². The molecule has 2 aromatic carbocycles. The van der Waals surface area contributed by atoms with Crippen LogP contribution in [0.5, 0.6) is 11.5 Å². The zero-order chi connectivity index (χ0) is 17.3. The van der Waals surface area contributed by atoms with E-state index in [1.807, 2.05) is 43.3 Å². The van der Waals surface area contributed by atoms with Crippen LogP contribution in [0.4, 0.5) is 0 Å². The van der Waals surface area contributed by atoms with Crippen molar-refractivity contribution in [2.24, 2.45) is 7.05 Å². The first-order valence-electron chi connectivity index (χ1n) is 7.40. The highest BCUT2D eigenvalue weighted by atomic mass is 79.9. The molecule has 0 unspecified atom stereocenters. The Hall–Kier alpha value is -2.41. The normalized spacial score (nSPS) is 10.8. The molecule has 0 spiro atoms. The maximum absolute atomic E-state index is 12.0. The molecule has 0 amide bonds. The van der Waals surface area contributed by atoms with Crippen molar-refractivity contribution < 1.29 is 9.47 Å². The highest BCUT2D eigenvalue weighted by Gasteiger charge is 2.16. The fraction of sp³-hybridized carbons (Fsp3) is 0.235. The van der Waals surface area contributed by atoms with Crippen molar-refractivity contribution in [3.63, 3.8) is 0 Å². The molecular formula is C17H18BrN3O3. The van der Waals surface area contributed by atoms with E-state index in [4.69, 9.17) is 9.47 Å². The Kier molecular flexibility index (Phi) is 4.53. The van der Waals surface area contributed by atoms with E-state index in [0.29, 0.717) is 11.4 Å². The smallest absolute Gasteiger partial charge is 0.364 e. The molecule has 126 valence electrons. The molecule has 0 fully saturated rings. The lowest BCUT2D eigenvalue weighted by atomic mass is 10.1. The molecule has 0 radical (unpaired) electrons. The highest BCUT2D eigenvalue weighted by Crippen LogP contribution is 2.28. The van der Waals surface area contributed by atoms with Gasteiger partial charge in [0.05, 0.1) is 18.4 Å². The van der Waals surface area contributed by atoms with Crippen LogP contribution < -0.4 is 15.2 Å². The minimum atomic E-state index is -0.135. The Balaban J connectivity index is 1.95. The highest BCUT2D eigenvalue weighted by molar-refractivity contribution is 9.10. The number of ether oxygens (including phenoxy) is 2. The second-order valence-electron chi connectivity index (χ2n) is 5.43. The zero-order valence-electron chi connectivity index (χ0n) is 13.7. The van der Waals surface area contributed by atoms with E-state index in [-0.39, 0.29) is 12.3 Å². The number of aryl methyl sites for hydroxylation is 2. The fourth-order valence-corrected chi connectivity index (χ4v) is 3.00. The van der Waals surface area contributed by atoms with Crippen LogP contribution in [-0.2, 0) is 13.7 Å². The van der Waals surface area contributed by atoms with Gasteiger partial charge >= 0.3 is 5.69 Å². The summed E-state index contributed by atoms with van der Waals surface area (Å²) in [6.45, 7) is 2.27. The Morgan fingerprint density at radius 2 is 2.00 bits per heavy atom. The number of methoxy groups -OCH3 is 1. The lowest BCUT2D eigenvalue weighted by Gasteiger charge is -2.19. The molecule has 0 atom stereocenters. The number of benzene rings is 2. The van der Waals surface area contributed by atoms with Gasteiger partial charge in [-0.1, -0.05) is 22.0 Å². The van der Waals surface area contributed by atoms with E-state index in [0.717, 1.165) is 21.3 Å². The molecule has 24 heavy (non-hydrogen) atoms. The first-order valence-corrected chi connectivity index (χ1v) is 8.19. The van der Waals surface area contributed by atoms with Crippen molar-refractivity contribution >= 4 is 15.9 Å². The summed E-state index contributed by atoms with van der Waals surface area (Å²) in [5.41, 5.74) is 2.41. The number of aromatic amines is 1. The van der Waals surface area contributed by atoms with Crippen LogP contribution in [0.25, 0.3) is 5.69 Å². The number of rotatable bonds is 5. The quantitative estimate of drug-likeness (QED) is 0.726. The maximum atomic E-state index is 12.0. The van der Waals surface area contributed by atoms with E-state index in [1.54, 1.807) is 14.2 Å². The number of H-pyrrole nitrogens is 1. The van der Waals surface area contributed by atoms with Crippen LogP contribution in [0.1, 0.15) is 11.1 Å². The zero-order valence-corrected chi connectivity index (χ0v) is 15.3. The van der Waals surface area contributed by atoms with Crippen molar-refractivity contribution in [2.75, 3.05) is 7.11 Å². The Labute approximate surface area is 147 Å². The summed E-state index contributed by atoms with van der Waals surface area (Å²) in [6.07, 6.45) is 0. The van der Waals surface area contributed by atoms with Crippen molar-refractivity contribution in [3.05, 3.63) is 62.5 Å². The van der Waals surface area contributed by atoms with Gasteiger partial charge in [0.1, 0.15) is 18.1 Å². The van der Waals surface area contributed by atoms with Gasteiger partial charge in [-0.3, -0.25) is 0 Å². The van der Waals surface area contributed by atoms with Gasteiger partial charge in [0.15, 0.2) is 0 Å². The van der Waals surface area contributed by atoms with Gasteiger partial charge in [-0.15, -0.1) is 0 Å². The molecule has 6 nitrogen and oxygen atoms in total. The maximum Gasteiger partial charge on any atom is 0.364 e. The fourth-order valence-electron chi connectivity index (χ4n) is 2.52. The van der Waals surface area contributed by atoms with Gasteiger partial charge in [-0.05, 0) is 42.8 Å². The number of aromatic nitrogens is 3. The summed E-state index contributed by atoms with van der Waals surface area (Å²) >= 11 is 3.44. The molecule has 1 N–H and O–H groups in total. The van der Waals surface area contributed by atoms with E-state index in [9.17, 15) is 4.79 Å². The molecule has 1 heterocycles. The van der Waals surface area contributed by atoms with Crippen molar-refractivity contribution in [2.45, 2.75) is 13.5 Å². The van der Waals surface area contributed by atoms with Gasteiger partial charge in [0.2, 0.25) is 0 Å². The second kappa shape index (κ2) is 6.60. The number of nitrogens with one attached hydrogen (secondary N) is 1. The first kappa shape index (κ1) is 16.4. The third kappa shape index (κ3) is 2.99. The van der Waals surface area contributed by atoms with Gasteiger partial charge in [0.25, 0.3) is 0 Å². The molecule has 0 saturated carbocycles. The van der Waals surface area contributed by atoms with Crippen LogP contribution in [0.2, 0.25) is 0 Å². The average Bonchev–Trinajstić information content (AvgIpc) is 2.58. The largest absolute Gasteiger partial charge is 0.496 e. The van der Waals surface area contributed by atoms with Crippen molar-refractivity contribution in [3.8, 4) is 17.2 Å². The number of hydrogen-bond donors (Lipinski definition) is 1. The lowest BCUT2D eigenvalue weighted by Crippen LogP contribution is -2.40. The minimum absolute atomic E-state index is 0.135.